The van der Waals surface area contributed by atoms with Gasteiger partial charge in [0.2, 0.25) is 17.5 Å². The Labute approximate surface area is 190 Å². The molecule has 0 amide bonds. The first-order valence-electron chi connectivity index (χ1n) is 9.57. The topological polar surface area (TPSA) is 213 Å². The Morgan fingerprint density at radius 1 is 1.00 bits per heavy atom. The predicted molar refractivity (Wildman–Crippen MR) is 112 cm³/mol. The molecule has 0 radical (unpaired) electrons. The largest absolute Gasteiger partial charge is 0.508 e. The van der Waals surface area contributed by atoms with Gasteiger partial charge in [0.05, 0.1) is 6.61 Å². The Balaban J connectivity index is 1.84. The number of aliphatic hydroxyl groups is 3. The molecule has 1 aliphatic rings. The summed E-state index contributed by atoms with van der Waals surface area (Å²) in [5.41, 5.74) is -1.39. The molecule has 2 heterocycles. The first-order valence-corrected chi connectivity index (χ1v) is 10.9. The third-order valence-corrected chi connectivity index (χ3v) is 5.31. The zero-order chi connectivity index (χ0) is 24.8. The fourth-order valence-electron chi connectivity index (χ4n) is 3.33. The van der Waals surface area contributed by atoms with Gasteiger partial charge in [0.25, 0.3) is 0 Å². The lowest BCUT2D eigenvalue weighted by Crippen LogP contribution is -2.54. The zero-order valence-electron chi connectivity index (χ0n) is 16.9. The van der Waals surface area contributed by atoms with Crippen LogP contribution in [-0.2, 0) is 15.1 Å². The van der Waals surface area contributed by atoms with E-state index in [9.17, 15) is 38.7 Å². The Bertz CT molecular complexity index is 1380. The fraction of sp³-hybridized carbons (Fsp3) is 0.250. The molecule has 2 unspecified atom stereocenters. The van der Waals surface area contributed by atoms with Gasteiger partial charge in [-0.2, -0.15) is 8.42 Å². The second-order valence-electron chi connectivity index (χ2n) is 7.33. The van der Waals surface area contributed by atoms with Crippen LogP contribution < -0.4 is 14.3 Å². The standard InChI is InChI=1S/C20H18O13S/c21-9-3-1-8(2-4-9)18-19(33-34(27,28)29)16(25)14-11(22)5-10(6-13(14)32-18)31-20-17(26)15(24)12(23)7-30-20/h1-6,12,15,17,20-24,26H,7H2,(H,27,28,29)/t12?,15-,17?,20-/m0/s1. The lowest BCUT2D eigenvalue weighted by atomic mass is 10.1. The number of ether oxygens (including phenoxy) is 2. The van der Waals surface area contributed by atoms with E-state index in [0.29, 0.717) is 0 Å². The van der Waals surface area contributed by atoms with Crippen molar-refractivity contribution < 1.29 is 56.6 Å². The van der Waals surface area contributed by atoms with Crippen LogP contribution in [0.2, 0.25) is 0 Å². The summed E-state index contributed by atoms with van der Waals surface area (Å²) < 4.78 is 52.3. The van der Waals surface area contributed by atoms with Gasteiger partial charge in [0.1, 0.15) is 46.5 Å². The normalized spacial score (nSPS) is 23.1. The maximum atomic E-state index is 13.0. The third-order valence-electron chi connectivity index (χ3n) is 4.93. The molecule has 1 aliphatic heterocycles. The quantitative estimate of drug-likeness (QED) is 0.253. The van der Waals surface area contributed by atoms with Crippen LogP contribution in [0.15, 0.2) is 45.6 Å². The average molecular weight is 498 g/mol. The van der Waals surface area contributed by atoms with E-state index < -0.39 is 63.1 Å². The first-order chi connectivity index (χ1) is 15.9. The zero-order valence-corrected chi connectivity index (χ0v) is 17.7. The van der Waals surface area contributed by atoms with Crippen LogP contribution in [0, 0.1) is 0 Å². The van der Waals surface area contributed by atoms with Crippen molar-refractivity contribution in [2.45, 2.75) is 24.6 Å². The summed E-state index contributed by atoms with van der Waals surface area (Å²) in [5, 5.41) is 48.8. The Morgan fingerprint density at radius 3 is 2.32 bits per heavy atom. The minimum absolute atomic E-state index is 0.0735. The van der Waals surface area contributed by atoms with Gasteiger partial charge >= 0.3 is 10.4 Å². The fourth-order valence-corrected chi connectivity index (χ4v) is 3.69. The highest BCUT2D eigenvalue weighted by Gasteiger charge is 2.39. The molecule has 13 nitrogen and oxygen atoms in total. The lowest BCUT2D eigenvalue weighted by molar-refractivity contribution is -0.242. The van der Waals surface area contributed by atoms with E-state index in [2.05, 4.69) is 4.18 Å². The van der Waals surface area contributed by atoms with Crippen LogP contribution in [0.1, 0.15) is 0 Å². The number of aromatic hydroxyl groups is 2. The molecule has 182 valence electrons. The van der Waals surface area contributed by atoms with Crippen molar-refractivity contribution in [3.8, 4) is 34.3 Å². The highest BCUT2D eigenvalue weighted by atomic mass is 32.3. The molecule has 14 heteroatoms. The van der Waals surface area contributed by atoms with Crippen molar-refractivity contribution in [1.29, 1.82) is 0 Å². The van der Waals surface area contributed by atoms with E-state index in [4.69, 9.17) is 18.4 Å². The summed E-state index contributed by atoms with van der Waals surface area (Å²) in [6.07, 6.45) is -5.99. The Hall–Kier alpha value is -3.40. The number of rotatable bonds is 5. The minimum atomic E-state index is -5.17. The number of hydrogen-bond donors (Lipinski definition) is 6. The second-order valence-corrected chi connectivity index (χ2v) is 8.35. The van der Waals surface area contributed by atoms with Gasteiger partial charge in [0.15, 0.2) is 5.76 Å². The SMILES string of the molecule is O=c1c(OS(=O)(=O)O)c(-c2ccc(O)cc2)oc2cc(O[C@@H]3OCC(O)[C@H](O)C3O)cc(O)c12. The first kappa shape index (κ1) is 23.7. The predicted octanol–water partition coefficient (Wildman–Crippen LogP) is -0.129. The van der Waals surface area contributed by atoms with Crippen molar-refractivity contribution in [2.75, 3.05) is 6.61 Å². The van der Waals surface area contributed by atoms with Gasteiger partial charge in [-0.3, -0.25) is 9.35 Å². The summed E-state index contributed by atoms with van der Waals surface area (Å²) >= 11 is 0. The molecule has 4 rings (SSSR count). The van der Waals surface area contributed by atoms with Gasteiger partial charge in [-0.25, -0.2) is 0 Å². The highest BCUT2D eigenvalue weighted by Crippen LogP contribution is 2.37. The molecule has 1 aromatic heterocycles. The van der Waals surface area contributed by atoms with Crippen molar-refractivity contribution in [3.05, 3.63) is 46.6 Å². The molecule has 4 atom stereocenters. The van der Waals surface area contributed by atoms with Gasteiger partial charge < -0.3 is 43.6 Å². The summed E-state index contributed by atoms with van der Waals surface area (Å²) in [7, 11) is -5.17. The number of fused-ring (bicyclic) bond motifs is 1. The maximum Gasteiger partial charge on any atom is 0.446 e. The maximum absolute atomic E-state index is 13.0. The van der Waals surface area contributed by atoms with E-state index in [1.54, 1.807) is 0 Å². The van der Waals surface area contributed by atoms with E-state index in [-0.39, 0.29) is 29.3 Å². The van der Waals surface area contributed by atoms with Gasteiger partial charge in [-0.05, 0) is 24.3 Å². The average Bonchev–Trinajstić information content (AvgIpc) is 2.75. The van der Waals surface area contributed by atoms with Crippen molar-refractivity contribution in [3.63, 3.8) is 0 Å². The highest BCUT2D eigenvalue weighted by molar-refractivity contribution is 7.81. The van der Waals surface area contributed by atoms with E-state index in [1.807, 2.05) is 0 Å². The monoisotopic (exact) mass is 498 g/mol. The summed E-state index contributed by atoms with van der Waals surface area (Å²) in [5.74, 6) is -2.46. The molecular formula is C20H18O13S. The number of aliphatic hydroxyl groups excluding tert-OH is 3. The molecular weight excluding hydrogens is 480 g/mol. The molecule has 2 aromatic carbocycles. The Morgan fingerprint density at radius 2 is 1.68 bits per heavy atom. The minimum Gasteiger partial charge on any atom is -0.508 e. The lowest BCUT2D eigenvalue weighted by Gasteiger charge is -2.34. The summed E-state index contributed by atoms with van der Waals surface area (Å²) in [6.45, 7) is -0.348. The van der Waals surface area contributed by atoms with E-state index in [1.165, 1.54) is 24.3 Å². The molecule has 6 N–H and O–H groups in total. The summed E-state index contributed by atoms with van der Waals surface area (Å²) in [4.78, 5) is 13.0. The molecule has 3 aromatic rings. The van der Waals surface area contributed by atoms with Crippen LogP contribution in [0.25, 0.3) is 22.3 Å². The van der Waals surface area contributed by atoms with Crippen LogP contribution in [0.5, 0.6) is 23.0 Å². The third kappa shape index (κ3) is 4.63. The van der Waals surface area contributed by atoms with Gasteiger partial charge in [0, 0.05) is 17.7 Å². The molecule has 1 saturated heterocycles. The smallest absolute Gasteiger partial charge is 0.446 e. The number of phenols is 2. The number of benzene rings is 2. The molecule has 0 spiro atoms. The molecule has 1 fully saturated rings. The van der Waals surface area contributed by atoms with Crippen LogP contribution in [0.4, 0.5) is 0 Å². The van der Waals surface area contributed by atoms with Crippen molar-refractivity contribution in [1.82, 2.24) is 0 Å². The molecule has 0 aliphatic carbocycles. The van der Waals surface area contributed by atoms with Crippen molar-refractivity contribution >= 4 is 21.4 Å². The van der Waals surface area contributed by atoms with Gasteiger partial charge in [-0.1, -0.05) is 0 Å². The second kappa shape index (κ2) is 8.75. The van der Waals surface area contributed by atoms with E-state index >= 15 is 0 Å². The van der Waals surface area contributed by atoms with Crippen molar-refractivity contribution in [2.24, 2.45) is 0 Å². The Kier molecular flexibility index (Phi) is 6.11. The van der Waals surface area contributed by atoms with Crippen LogP contribution in [0.3, 0.4) is 0 Å². The van der Waals surface area contributed by atoms with E-state index in [0.717, 1.165) is 12.1 Å². The number of hydrogen-bond acceptors (Lipinski definition) is 12. The number of phenolic OH excluding ortho intramolecular Hbond substituents is 2. The molecule has 34 heavy (non-hydrogen) atoms. The molecule has 0 bridgehead atoms. The molecule has 0 saturated carbocycles. The summed E-state index contributed by atoms with van der Waals surface area (Å²) in [6, 6.07) is 7.03. The van der Waals surface area contributed by atoms with Crippen LogP contribution in [-0.4, -0.2) is 69.7 Å². The van der Waals surface area contributed by atoms with Crippen LogP contribution >= 0.6 is 0 Å². The van der Waals surface area contributed by atoms with Gasteiger partial charge in [-0.15, -0.1) is 0 Å².